The minimum absolute atomic E-state index is 0.227. The van der Waals surface area contributed by atoms with Gasteiger partial charge in [0.25, 0.3) is 5.91 Å². The van der Waals surface area contributed by atoms with Gasteiger partial charge < -0.3 is 5.32 Å². The summed E-state index contributed by atoms with van der Waals surface area (Å²) in [5.41, 5.74) is 2.75. The monoisotopic (exact) mass is 263 g/mol. The summed E-state index contributed by atoms with van der Waals surface area (Å²) >= 11 is 0. The average Bonchev–Trinajstić information content (AvgIpc) is 2.92. The molecular formula is C16H13N3O. The van der Waals surface area contributed by atoms with Crippen molar-refractivity contribution in [1.82, 2.24) is 9.38 Å². The van der Waals surface area contributed by atoms with Crippen LogP contribution >= 0.6 is 0 Å². The Hall–Kier alpha value is -2.88. The van der Waals surface area contributed by atoms with E-state index in [1.165, 1.54) is 0 Å². The van der Waals surface area contributed by atoms with Gasteiger partial charge in [0.15, 0.2) is 0 Å². The third kappa shape index (κ3) is 2.19. The first-order valence-electron chi connectivity index (χ1n) is 6.25. The molecule has 0 saturated carbocycles. The van der Waals surface area contributed by atoms with Gasteiger partial charge >= 0.3 is 0 Å². The maximum Gasteiger partial charge on any atom is 0.275 e. The lowest BCUT2D eigenvalue weighted by Crippen LogP contribution is -2.12. The summed E-state index contributed by atoms with van der Waals surface area (Å²) in [6.07, 6.45) is 3.44. The van der Waals surface area contributed by atoms with Gasteiger partial charge in [-0.15, -0.1) is 0 Å². The molecule has 0 aliphatic carbocycles. The highest BCUT2D eigenvalue weighted by Crippen LogP contribution is 2.12. The fourth-order valence-corrected chi connectivity index (χ4v) is 2.02. The van der Waals surface area contributed by atoms with Crippen molar-refractivity contribution in [2.75, 3.05) is 5.32 Å². The summed E-state index contributed by atoms with van der Waals surface area (Å²) in [4.78, 5) is 16.5. The number of aromatic nitrogens is 2. The van der Waals surface area contributed by atoms with E-state index in [2.05, 4.69) is 16.9 Å². The van der Waals surface area contributed by atoms with Gasteiger partial charge in [-0.2, -0.15) is 0 Å². The molecule has 4 nitrogen and oxygen atoms in total. The van der Waals surface area contributed by atoms with Gasteiger partial charge in [0.2, 0.25) is 0 Å². The third-order valence-corrected chi connectivity index (χ3v) is 3.00. The molecule has 1 amide bonds. The van der Waals surface area contributed by atoms with E-state index >= 15 is 0 Å². The van der Waals surface area contributed by atoms with Crippen molar-refractivity contribution in [1.29, 1.82) is 0 Å². The van der Waals surface area contributed by atoms with Crippen LogP contribution in [0.4, 0.5) is 5.69 Å². The predicted octanol–water partition coefficient (Wildman–Crippen LogP) is 3.23. The fraction of sp³-hybridized carbons (Fsp3) is 0. The molecule has 20 heavy (non-hydrogen) atoms. The lowest BCUT2D eigenvalue weighted by atomic mass is 10.3. The van der Waals surface area contributed by atoms with Crippen LogP contribution in [-0.2, 0) is 0 Å². The Morgan fingerprint density at radius 3 is 2.70 bits per heavy atom. The van der Waals surface area contributed by atoms with Crippen LogP contribution in [0.1, 0.15) is 16.2 Å². The highest BCUT2D eigenvalue weighted by Gasteiger charge is 2.11. The number of amides is 1. The van der Waals surface area contributed by atoms with Crippen LogP contribution in [0.2, 0.25) is 0 Å². The number of nitrogens with zero attached hydrogens (tertiary/aromatic N) is 2. The Balaban J connectivity index is 1.94. The van der Waals surface area contributed by atoms with Crippen molar-refractivity contribution in [3.8, 4) is 0 Å². The molecule has 0 radical (unpaired) electrons. The number of para-hydroxylation sites is 1. The van der Waals surface area contributed by atoms with Gasteiger partial charge in [-0.1, -0.05) is 30.8 Å². The Morgan fingerprint density at radius 2 is 1.95 bits per heavy atom. The van der Waals surface area contributed by atoms with Gasteiger partial charge in [0, 0.05) is 17.6 Å². The van der Waals surface area contributed by atoms with Crippen molar-refractivity contribution in [2.45, 2.75) is 0 Å². The molecule has 1 N–H and O–H groups in total. The molecule has 0 atom stereocenters. The molecular weight excluding hydrogens is 250 g/mol. The van der Waals surface area contributed by atoms with E-state index in [0.717, 1.165) is 17.0 Å². The second-order valence-corrected chi connectivity index (χ2v) is 4.33. The zero-order valence-corrected chi connectivity index (χ0v) is 10.8. The molecule has 0 bridgehead atoms. The topological polar surface area (TPSA) is 46.4 Å². The zero-order chi connectivity index (χ0) is 13.9. The van der Waals surface area contributed by atoms with E-state index in [-0.39, 0.29) is 5.91 Å². The summed E-state index contributed by atoms with van der Waals surface area (Å²) in [5, 5.41) is 2.82. The highest BCUT2D eigenvalue weighted by atomic mass is 16.1. The molecule has 3 rings (SSSR count). The van der Waals surface area contributed by atoms with Crippen molar-refractivity contribution in [3.63, 3.8) is 0 Å². The van der Waals surface area contributed by atoms with Crippen molar-refractivity contribution in [3.05, 3.63) is 72.7 Å². The number of nitrogens with one attached hydrogen (secondary N) is 1. The van der Waals surface area contributed by atoms with E-state index in [9.17, 15) is 4.79 Å². The van der Waals surface area contributed by atoms with Crippen molar-refractivity contribution in [2.24, 2.45) is 0 Å². The Labute approximate surface area is 116 Å². The van der Waals surface area contributed by atoms with E-state index in [1.807, 2.05) is 52.9 Å². The van der Waals surface area contributed by atoms with Crippen LogP contribution in [0.15, 0.2) is 61.3 Å². The largest absolute Gasteiger partial charge is 0.321 e. The molecule has 2 aromatic heterocycles. The molecule has 98 valence electrons. The van der Waals surface area contributed by atoms with Crippen LogP contribution < -0.4 is 5.32 Å². The number of hydrogen-bond donors (Lipinski definition) is 1. The number of benzene rings is 1. The van der Waals surface area contributed by atoms with Crippen LogP contribution in [-0.4, -0.2) is 15.3 Å². The van der Waals surface area contributed by atoms with Crippen LogP contribution in [0.3, 0.4) is 0 Å². The summed E-state index contributed by atoms with van der Waals surface area (Å²) in [6, 6.07) is 15.0. The smallest absolute Gasteiger partial charge is 0.275 e. The first-order chi connectivity index (χ1) is 9.78. The van der Waals surface area contributed by atoms with Crippen molar-refractivity contribution < 1.29 is 4.79 Å². The van der Waals surface area contributed by atoms with E-state index in [0.29, 0.717) is 5.69 Å². The summed E-state index contributed by atoms with van der Waals surface area (Å²) in [5.74, 6) is -0.227. The van der Waals surface area contributed by atoms with Gasteiger partial charge in [0.1, 0.15) is 11.3 Å². The van der Waals surface area contributed by atoms with Gasteiger partial charge in [0.05, 0.1) is 0 Å². The molecule has 0 unspecified atom stereocenters. The normalized spacial score (nSPS) is 10.4. The van der Waals surface area contributed by atoms with Crippen LogP contribution in [0.5, 0.6) is 0 Å². The maximum atomic E-state index is 12.2. The molecule has 4 heteroatoms. The number of pyridine rings is 1. The second-order valence-electron chi connectivity index (χ2n) is 4.33. The maximum absolute atomic E-state index is 12.2. The predicted molar refractivity (Wildman–Crippen MR) is 79.7 cm³/mol. The SMILES string of the molecule is C=Cc1cccc2nc(C(=O)Nc3ccccc3)cn12. The molecule has 3 aromatic rings. The van der Waals surface area contributed by atoms with E-state index in [4.69, 9.17) is 0 Å². The number of anilines is 1. The Bertz CT molecular complexity index is 775. The number of imidazole rings is 1. The Morgan fingerprint density at radius 1 is 1.15 bits per heavy atom. The van der Waals surface area contributed by atoms with Gasteiger partial charge in [-0.3, -0.25) is 9.20 Å². The lowest BCUT2D eigenvalue weighted by Gasteiger charge is -2.01. The number of hydrogen-bond acceptors (Lipinski definition) is 2. The number of carbonyl (C=O) groups excluding carboxylic acids is 1. The summed E-state index contributed by atoms with van der Waals surface area (Å²) in [7, 11) is 0. The van der Waals surface area contributed by atoms with Crippen LogP contribution in [0, 0.1) is 0 Å². The summed E-state index contributed by atoms with van der Waals surface area (Å²) in [6.45, 7) is 3.75. The highest BCUT2D eigenvalue weighted by molar-refractivity contribution is 6.03. The van der Waals surface area contributed by atoms with Crippen LogP contribution in [0.25, 0.3) is 11.7 Å². The second kappa shape index (κ2) is 5.01. The quantitative estimate of drug-likeness (QED) is 0.788. The number of rotatable bonds is 3. The molecule has 2 heterocycles. The number of fused-ring (bicyclic) bond motifs is 1. The van der Waals surface area contributed by atoms with E-state index in [1.54, 1.807) is 12.3 Å². The average molecular weight is 263 g/mol. The Kier molecular flexibility index (Phi) is 3.05. The standard InChI is InChI=1S/C16H13N3O/c1-2-13-9-6-10-15-18-14(11-19(13)15)16(20)17-12-7-4-3-5-8-12/h2-11H,1H2,(H,17,20). The fourth-order valence-electron chi connectivity index (χ4n) is 2.02. The molecule has 0 spiro atoms. The summed E-state index contributed by atoms with van der Waals surface area (Å²) < 4.78 is 1.84. The van der Waals surface area contributed by atoms with Gasteiger partial charge in [-0.25, -0.2) is 4.98 Å². The minimum Gasteiger partial charge on any atom is -0.321 e. The van der Waals surface area contributed by atoms with E-state index < -0.39 is 0 Å². The molecule has 0 aliphatic rings. The minimum atomic E-state index is -0.227. The molecule has 0 saturated heterocycles. The molecule has 1 aromatic carbocycles. The third-order valence-electron chi connectivity index (χ3n) is 3.00. The molecule has 0 fully saturated rings. The van der Waals surface area contributed by atoms with Crippen molar-refractivity contribution >= 4 is 23.3 Å². The first kappa shape index (κ1) is 12.2. The molecule has 0 aliphatic heterocycles. The lowest BCUT2D eigenvalue weighted by molar-refractivity contribution is 0.102. The zero-order valence-electron chi connectivity index (χ0n) is 10.8. The number of carbonyl (C=O) groups is 1. The first-order valence-corrected chi connectivity index (χ1v) is 6.25. The van der Waals surface area contributed by atoms with Gasteiger partial charge in [-0.05, 0) is 30.3 Å².